The third-order valence-corrected chi connectivity index (χ3v) is 11.9. The minimum atomic E-state index is 0.403. The molecule has 0 aromatic rings. The molecule has 0 aliphatic heterocycles. The Hall–Kier alpha value is 1.46. The van der Waals surface area contributed by atoms with Crippen LogP contribution in [0.1, 0.15) is 112 Å². The Kier molecular flexibility index (Phi) is 9.78. The summed E-state index contributed by atoms with van der Waals surface area (Å²) in [6, 6.07) is 0. The zero-order valence-electron chi connectivity index (χ0n) is 20.8. The van der Waals surface area contributed by atoms with Crippen LogP contribution in [0.25, 0.3) is 0 Å². The molecule has 176 valence electrons. The van der Waals surface area contributed by atoms with Crippen molar-refractivity contribution in [2.75, 3.05) is 0 Å². The molecule has 0 radical (unpaired) electrons. The largest absolute Gasteiger partial charge is 0.0737 e. The van der Waals surface area contributed by atoms with Gasteiger partial charge in [0.25, 0.3) is 0 Å². The van der Waals surface area contributed by atoms with Crippen LogP contribution >= 0.6 is 45.2 Å². The molecule has 30 heavy (non-hydrogen) atoms. The van der Waals surface area contributed by atoms with Crippen molar-refractivity contribution < 1.29 is 0 Å². The summed E-state index contributed by atoms with van der Waals surface area (Å²) >= 11 is 5.54. The van der Waals surface area contributed by atoms with Crippen LogP contribution in [0.15, 0.2) is 0 Å². The molecule has 3 saturated carbocycles. The van der Waals surface area contributed by atoms with Gasteiger partial charge in [0.2, 0.25) is 0 Å². The average molecular weight is 641 g/mol. The Morgan fingerprint density at radius 2 is 1.53 bits per heavy atom. The predicted octanol–water partition coefficient (Wildman–Crippen LogP) is 10.2. The first kappa shape index (κ1) is 26.1. The van der Waals surface area contributed by atoms with E-state index in [1.165, 1.54) is 57.8 Å². The molecule has 3 fully saturated rings. The molecule has 0 aromatic carbocycles. The van der Waals surface area contributed by atoms with Crippen molar-refractivity contribution in [3.63, 3.8) is 0 Å². The lowest BCUT2D eigenvalue weighted by molar-refractivity contribution is -0.00944. The zero-order chi connectivity index (χ0) is 22.1. The number of hydrogen-bond donors (Lipinski definition) is 0. The average Bonchev–Trinajstić information content (AvgIpc) is 2.71. The predicted molar refractivity (Wildman–Crippen MR) is 151 cm³/mol. The van der Waals surface area contributed by atoms with E-state index in [0.29, 0.717) is 1.43 Å². The van der Waals surface area contributed by atoms with E-state index < -0.39 is 0 Å². The Morgan fingerprint density at radius 3 is 2.10 bits per heavy atom. The van der Waals surface area contributed by atoms with Crippen molar-refractivity contribution in [2.24, 2.45) is 59.2 Å². The van der Waals surface area contributed by atoms with Crippen LogP contribution in [-0.2, 0) is 0 Å². The van der Waals surface area contributed by atoms with Gasteiger partial charge < -0.3 is 0 Å². The highest BCUT2D eigenvalue weighted by atomic mass is 127. The SMILES string of the molecule is CC[C@H]1CCCC(C2CC(C(C)(I)I)[C@@H](C)C(C)[C@H]2CC2CCC(C(C)C)CC2)C1. The van der Waals surface area contributed by atoms with Gasteiger partial charge in [0.1, 0.15) is 0 Å². The fraction of sp³-hybridized carbons (Fsp3) is 1.00. The second-order valence-corrected chi connectivity index (χ2v) is 18.9. The van der Waals surface area contributed by atoms with E-state index in [0.717, 1.165) is 59.2 Å². The molecular formula is C28H50I2. The van der Waals surface area contributed by atoms with E-state index in [-0.39, 0.29) is 0 Å². The molecule has 0 heterocycles. The highest BCUT2D eigenvalue weighted by Gasteiger charge is 2.48. The number of hydrogen-bond acceptors (Lipinski definition) is 0. The summed E-state index contributed by atoms with van der Waals surface area (Å²) in [6.07, 6.45) is 16.6. The van der Waals surface area contributed by atoms with Crippen LogP contribution in [-0.4, -0.2) is 1.43 Å². The van der Waals surface area contributed by atoms with Gasteiger partial charge in [0.15, 0.2) is 0 Å². The molecular weight excluding hydrogens is 590 g/mol. The molecule has 7 atom stereocenters. The summed E-state index contributed by atoms with van der Waals surface area (Å²) in [7, 11) is 0. The van der Waals surface area contributed by atoms with E-state index in [4.69, 9.17) is 0 Å². The van der Waals surface area contributed by atoms with Crippen molar-refractivity contribution in [1.82, 2.24) is 0 Å². The van der Waals surface area contributed by atoms with Crippen molar-refractivity contribution >= 4 is 45.2 Å². The summed E-state index contributed by atoms with van der Waals surface area (Å²) in [5, 5.41) is 0. The Bertz CT molecular complexity index is 513. The van der Waals surface area contributed by atoms with Gasteiger partial charge in [0, 0.05) is 0 Å². The lowest BCUT2D eigenvalue weighted by Crippen LogP contribution is -2.46. The topological polar surface area (TPSA) is 0 Å². The highest BCUT2D eigenvalue weighted by molar-refractivity contribution is 14.2. The van der Waals surface area contributed by atoms with E-state index in [9.17, 15) is 0 Å². The maximum atomic E-state index is 2.77. The van der Waals surface area contributed by atoms with Crippen molar-refractivity contribution in [1.29, 1.82) is 0 Å². The molecule has 2 heteroatoms. The molecule has 3 rings (SSSR count). The number of alkyl halides is 2. The standard InChI is InChI=1S/C28H50I2/c1-7-21-9-8-10-24(15-21)26-17-27(28(6,29)30)20(5)19(4)25(26)16-22-11-13-23(14-12-22)18(2)3/h18-27H,7-17H2,1-6H3/t19?,20-,21-,22?,23?,24?,25+,26?,27?/m0/s1. The van der Waals surface area contributed by atoms with Gasteiger partial charge in [-0.05, 0) is 98.2 Å². The number of rotatable bonds is 6. The summed E-state index contributed by atoms with van der Waals surface area (Å²) in [6.45, 7) is 15.1. The van der Waals surface area contributed by atoms with E-state index in [2.05, 4.69) is 86.7 Å². The summed E-state index contributed by atoms with van der Waals surface area (Å²) < 4.78 is 0.403. The van der Waals surface area contributed by atoms with Gasteiger partial charge in [-0.2, -0.15) is 0 Å². The summed E-state index contributed by atoms with van der Waals surface area (Å²) in [4.78, 5) is 0. The minimum absolute atomic E-state index is 0.403. The molecule has 0 nitrogen and oxygen atoms in total. The quantitative estimate of drug-likeness (QED) is 0.200. The van der Waals surface area contributed by atoms with Gasteiger partial charge in [-0.1, -0.05) is 118 Å². The van der Waals surface area contributed by atoms with E-state index >= 15 is 0 Å². The monoisotopic (exact) mass is 640 g/mol. The minimum Gasteiger partial charge on any atom is -0.0672 e. The molecule has 0 N–H and O–H groups in total. The van der Waals surface area contributed by atoms with Crippen LogP contribution in [0.4, 0.5) is 0 Å². The van der Waals surface area contributed by atoms with Crippen molar-refractivity contribution in [2.45, 2.75) is 114 Å². The van der Waals surface area contributed by atoms with Crippen molar-refractivity contribution in [3.8, 4) is 0 Å². The van der Waals surface area contributed by atoms with E-state index in [1.807, 2.05) is 0 Å². The smallest absolute Gasteiger partial charge is 0.0672 e. The maximum absolute atomic E-state index is 2.77. The Labute approximate surface area is 216 Å². The molecule has 3 aliphatic carbocycles. The molecule has 3 aliphatic rings. The van der Waals surface area contributed by atoms with Crippen LogP contribution in [0.2, 0.25) is 0 Å². The van der Waals surface area contributed by atoms with Crippen LogP contribution in [0.3, 0.4) is 0 Å². The third-order valence-electron chi connectivity index (χ3n) is 10.3. The van der Waals surface area contributed by atoms with Crippen molar-refractivity contribution in [3.05, 3.63) is 0 Å². The molecule has 0 bridgehead atoms. The first-order chi connectivity index (χ1) is 14.1. The third kappa shape index (κ3) is 6.32. The Morgan fingerprint density at radius 1 is 0.867 bits per heavy atom. The summed E-state index contributed by atoms with van der Waals surface area (Å²) in [5.41, 5.74) is 0. The molecule has 0 spiro atoms. The summed E-state index contributed by atoms with van der Waals surface area (Å²) in [5.74, 6) is 9.62. The number of halogens is 2. The Balaban J connectivity index is 1.75. The zero-order valence-corrected chi connectivity index (χ0v) is 25.1. The van der Waals surface area contributed by atoms with Gasteiger partial charge in [-0.15, -0.1) is 0 Å². The van der Waals surface area contributed by atoms with Crippen LogP contribution in [0, 0.1) is 59.2 Å². The van der Waals surface area contributed by atoms with Gasteiger partial charge >= 0.3 is 0 Å². The van der Waals surface area contributed by atoms with Gasteiger partial charge in [-0.3, -0.25) is 0 Å². The molecule has 0 aromatic heterocycles. The lowest BCUT2D eigenvalue weighted by atomic mass is 9.55. The first-order valence-corrected chi connectivity index (χ1v) is 15.6. The lowest BCUT2D eigenvalue weighted by Gasteiger charge is -2.53. The van der Waals surface area contributed by atoms with E-state index in [1.54, 1.807) is 12.8 Å². The van der Waals surface area contributed by atoms with Crippen LogP contribution in [0.5, 0.6) is 0 Å². The molecule has 0 amide bonds. The fourth-order valence-corrected chi connectivity index (χ4v) is 9.64. The normalized spacial score (nSPS) is 43.7. The first-order valence-electron chi connectivity index (χ1n) is 13.5. The van der Waals surface area contributed by atoms with Gasteiger partial charge in [-0.25, -0.2) is 0 Å². The molecule has 0 saturated heterocycles. The highest BCUT2D eigenvalue weighted by Crippen LogP contribution is 2.57. The second-order valence-electron chi connectivity index (χ2n) is 12.3. The second kappa shape index (κ2) is 11.3. The van der Waals surface area contributed by atoms with Gasteiger partial charge in [0.05, 0.1) is 1.43 Å². The van der Waals surface area contributed by atoms with Crippen LogP contribution < -0.4 is 0 Å². The maximum Gasteiger partial charge on any atom is 0.0737 e. The fourth-order valence-electron chi connectivity index (χ4n) is 8.00. The molecule has 4 unspecified atom stereocenters.